The van der Waals surface area contributed by atoms with Gasteiger partial charge in [-0.25, -0.2) is 4.98 Å². The van der Waals surface area contributed by atoms with Crippen LogP contribution < -0.4 is 5.32 Å². The van der Waals surface area contributed by atoms with E-state index in [9.17, 15) is 0 Å². The lowest BCUT2D eigenvalue weighted by Crippen LogP contribution is -2.33. The summed E-state index contributed by atoms with van der Waals surface area (Å²) in [5.41, 5.74) is 1.17. The highest BCUT2D eigenvalue weighted by Gasteiger charge is 2.16. The number of likely N-dealkylation sites (N-methyl/N-ethyl adjacent to an activating group) is 1. The fraction of sp³-hybridized carbons (Fsp3) is 0.800. The minimum Gasteiger partial charge on any atom is -0.377 e. The average Bonchev–Trinajstić information content (AvgIpc) is 2.85. The Bertz CT molecular complexity index is 388. The number of rotatable bonds is 7. The van der Waals surface area contributed by atoms with Gasteiger partial charge >= 0.3 is 0 Å². The molecule has 0 radical (unpaired) electrons. The number of ether oxygens (including phenoxy) is 1. The standard InChI is InChI=1S/C15H27N3OS/c1-12(2)16-8-15-17-13(11-20-15)9-18(3)10-14-6-4-5-7-19-14/h11-12,14,16H,4-10H2,1-3H3. The summed E-state index contributed by atoms with van der Waals surface area (Å²) in [4.78, 5) is 7.01. The summed E-state index contributed by atoms with van der Waals surface area (Å²) in [6, 6.07) is 0.508. The summed E-state index contributed by atoms with van der Waals surface area (Å²) in [6.45, 7) is 8.05. The predicted octanol–water partition coefficient (Wildman–Crippen LogP) is 2.64. The lowest BCUT2D eigenvalue weighted by Gasteiger charge is -2.26. The van der Waals surface area contributed by atoms with E-state index < -0.39 is 0 Å². The van der Waals surface area contributed by atoms with Crippen LogP contribution in [-0.4, -0.2) is 42.2 Å². The van der Waals surface area contributed by atoms with Gasteiger partial charge in [-0.15, -0.1) is 11.3 Å². The molecule has 5 heteroatoms. The first kappa shape index (κ1) is 15.9. The lowest BCUT2D eigenvalue weighted by molar-refractivity contribution is -0.00272. The zero-order chi connectivity index (χ0) is 14.4. The molecule has 1 saturated heterocycles. The van der Waals surface area contributed by atoms with E-state index in [0.717, 1.165) is 26.2 Å². The molecule has 0 bridgehead atoms. The second-order valence-corrected chi connectivity index (χ2v) is 6.90. The minimum absolute atomic E-state index is 0.412. The predicted molar refractivity (Wildman–Crippen MR) is 84.0 cm³/mol. The van der Waals surface area contributed by atoms with Gasteiger partial charge in [0.1, 0.15) is 5.01 Å². The van der Waals surface area contributed by atoms with Crippen molar-refractivity contribution in [2.45, 2.75) is 58.3 Å². The lowest BCUT2D eigenvalue weighted by atomic mass is 10.1. The monoisotopic (exact) mass is 297 g/mol. The molecular weight excluding hydrogens is 270 g/mol. The summed E-state index contributed by atoms with van der Waals surface area (Å²) in [7, 11) is 2.16. The van der Waals surface area contributed by atoms with E-state index in [1.807, 2.05) is 0 Å². The van der Waals surface area contributed by atoms with Crippen molar-refractivity contribution in [1.29, 1.82) is 0 Å². The summed E-state index contributed by atoms with van der Waals surface area (Å²) in [5.74, 6) is 0. The number of aromatic nitrogens is 1. The molecule has 20 heavy (non-hydrogen) atoms. The molecule has 0 aliphatic carbocycles. The maximum absolute atomic E-state index is 5.79. The van der Waals surface area contributed by atoms with E-state index in [-0.39, 0.29) is 0 Å². The third kappa shape index (κ3) is 5.48. The van der Waals surface area contributed by atoms with Crippen LogP contribution >= 0.6 is 11.3 Å². The van der Waals surface area contributed by atoms with Crippen LogP contribution in [-0.2, 0) is 17.8 Å². The zero-order valence-corrected chi connectivity index (χ0v) is 13.7. The summed E-state index contributed by atoms with van der Waals surface area (Å²) in [5, 5.41) is 6.76. The Morgan fingerprint density at radius 2 is 2.35 bits per heavy atom. The van der Waals surface area contributed by atoms with Crippen molar-refractivity contribution in [2.24, 2.45) is 0 Å². The minimum atomic E-state index is 0.412. The Balaban J connectivity index is 1.74. The van der Waals surface area contributed by atoms with Crippen LogP contribution in [0.15, 0.2) is 5.38 Å². The van der Waals surface area contributed by atoms with Gasteiger partial charge in [0.2, 0.25) is 0 Å². The fourth-order valence-corrected chi connectivity index (χ4v) is 3.17. The van der Waals surface area contributed by atoms with Crippen molar-refractivity contribution in [3.63, 3.8) is 0 Å². The van der Waals surface area contributed by atoms with Crippen molar-refractivity contribution in [3.05, 3.63) is 16.1 Å². The normalized spacial score (nSPS) is 19.9. The van der Waals surface area contributed by atoms with Crippen LogP contribution in [0.2, 0.25) is 0 Å². The first-order valence-electron chi connectivity index (χ1n) is 7.60. The van der Waals surface area contributed by atoms with Crippen LogP contribution in [0, 0.1) is 0 Å². The van der Waals surface area contributed by atoms with Gasteiger partial charge < -0.3 is 10.1 Å². The molecule has 1 aliphatic rings. The second kappa shape index (κ2) is 8.08. The third-order valence-electron chi connectivity index (χ3n) is 3.48. The first-order valence-corrected chi connectivity index (χ1v) is 8.48. The summed E-state index contributed by atoms with van der Waals surface area (Å²) >= 11 is 1.75. The Hall–Kier alpha value is -0.490. The van der Waals surface area contributed by atoms with Gasteiger partial charge in [-0.1, -0.05) is 13.8 Å². The number of nitrogens with zero attached hydrogens (tertiary/aromatic N) is 2. The number of nitrogens with one attached hydrogen (secondary N) is 1. The Labute approximate surface area is 126 Å². The molecule has 0 aromatic carbocycles. The largest absolute Gasteiger partial charge is 0.377 e. The first-order chi connectivity index (χ1) is 9.63. The van der Waals surface area contributed by atoms with Crippen molar-refractivity contribution in [1.82, 2.24) is 15.2 Å². The summed E-state index contributed by atoms with van der Waals surface area (Å²) < 4.78 is 5.79. The fourth-order valence-electron chi connectivity index (χ4n) is 2.43. The highest BCUT2D eigenvalue weighted by Crippen LogP contribution is 2.15. The Morgan fingerprint density at radius 1 is 1.50 bits per heavy atom. The van der Waals surface area contributed by atoms with Gasteiger partial charge in [-0.05, 0) is 26.3 Å². The third-order valence-corrected chi connectivity index (χ3v) is 4.38. The van der Waals surface area contributed by atoms with Crippen LogP contribution in [0.5, 0.6) is 0 Å². The molecular formula is C15H27N3OS. The van der Waals surface area contributed by atoms with E-state index in [0.29, 0.717) is 12.1 Å². The van der Waals surface area contributed by atoms with Crippen molar-refractivity contribution in [3.8, 4) is 0 Å². The van der Waals surface area contributed by atoms with Crippen molar-refractivity contribution < 1.29 is 4.74 Å². The molecule has 1 N–H and O–H groups in total. The summed E-state index contributed by atoms with van der Waals surface area (Å²) in [6.07, 6.45) is 4.14. The smallest absolute Gasteiger partial charge is 0.107 e. The van der Waals surface area contributed by atoms with Gasteiger partial charge in [0.25, 0.3) is 0 Å². The SMILES string of the molecule is CC(C)NCc1nc(CN(C)CC2CCCCO2)cs1. The topological polar surface area (TPSA) is 37.4 Å². The van der Waals surface area contributed by atoms with E-state index in [4.69, 9.17) is 4.74 Å². The molecule has 0 spiro atoms. The molecule has 1 fully saturated rings. The Kier molecular flexibility index (Phi) is 6.42. The van der Waals surface area contributed by atoms with Gasteiger partial charge in [-0.3, -0.25) is 4.90 Å². The number of thiazole rings is 1. The molecule has 0 amide bonds. The molecule has 1 aromatic heterocycles. The highest BCUT2D eigenvalue weighted by atomic mass is 32.1. The molecule has 4 nitrogen and oxygen atoms in total. The van der Waals surface area contributed by atoms with Gasteiger partial charge in [0, 0.05) is 37.7 Å². The van der Waals surface area contributed by atoms with E-state index in [2.05, 4.69) is 41.5 Å². The van der Waals surface area contributed by atoms with Crippen LogP contribution in [0.4, 0.5) is 0 Å². The molecule has 2 heterocycles. The van der Waals surface area contributed by atoms with Gasteiger partial charge in [0.15, 0.2) is 0 Å². The highest BCUT2D eigenvalue weighted by molar-refractivity contribution is 7.09. The van der Waals surface area contributed by atoms with Crippen LogP contribution in [0.3, 0.4) is 0 Å². The maximum Gasteiger partial charge on any atom is 0.107 e. The maximum atomic E-state index is 5.79. The quantitative estimate of drug-likeness (QED) is 0.839. The number of hydrogen-bond acceptors (Lipinski definition) is 5. The molecule has 2 rings (SSSR count). The van der Waals surface area contributed by atoms with Crippen LogP contribution in [0.1, 0.15) is 43.8 Å². The van der Waals surface area contributed by atoms with E-state index >= 15 is 0 Å². The Morgan fingerprint density at radius 3 is 3.05 bits per heavy atom. The molecule has 0 saturated carbocycles. The van der Waals surface area contributed by atoms with Gasteiger partial charge in [0.05, 0.1) is 11.8 Å². The molecule has 1 unspecified atom stereocenters. The molecule has 1 atom stereocenters. The van der Waals surface area contributed by atoms with Crippen molar-refractivity contribution in [2.75, 3.05) is 20.2 Å². The van der Waals surface area contributed by atoms with Crippen molar-refractivity contribution >= 4 is 11.3 Å². The van der Waals surface area contributed by atoms with E-state index in [1.165, 1.54) is 30.0 Å². The van der Waals surface area contributed by atoms with Gasteiger partial charge in [-0.2, -0.15) is 0 Å². The van der Waals surface area contributed by atoms with Crippen LogP contribution in [0.25, 0.3) is 0 Å². The van der Waals surface area contributed by atoms with E-state index in [1.54, 1.807) is 11.3 Å². The molecule has 1 aliphatic heterocycles. The number of hydrogen-bond donors (Lipinski definition) is 1. The zero-order valence-electron chi connectivity index (χ0n) is 12.9. The molecule has 1 aromatic rings. The molecule has 114 valence electrons. The average molecular weight is 297 g/mol. The second-order valence-electron chi connectivity index (χ2n) is 5.95.